The normalized spacial score (nSPS) is 15.4. The Labute approximate surface area is 139 Å². The number of ether oxygens (including phenoxy) is 1. The van der Waals surface area contributed by atoms with Gasteiger partial charge >= 0.3 is 13.7 Å². The molecule has 0 aliphatic heterocycles. The Kier molecular flexibility index (Phi) is 6.63. The molecule has 0 aromatic heterocycles. The van der Waals surface area contributed by atoms with Crippen molar-refractivity contribution < 1.29 is 24.5 Å². The molecule has 0 saturated carbocycles. The molecule has 7 heteroatoms. The predicted octanol–water partition coefficient (Wildman–Crippen LogP) is 4.48. The second-order valence-electron chi connectivity index (χ2n) is 5.67. The first-order valence-corrected chi connectivity index (χ1v) is 9.08. The molecule has 1 unspecified atom stereocenters. The lowest BCUT2D eigenvalue weighted by molar-refractivity contribution is 0.0508. The maximum absolute atomic E-state index is 13.2. The number of alkyl carbamates (subject to hydrolysis) is 1. The summed E-state index contributed by atoms with van der Waals surface area (Å²) in [5.41, 5.74) is -0.482. The molecule has 130 valence electrons. The van der Waals surface area contributed by atoms with Gasteiger partial charge in [-0.05, 0) is 40.2 Å². The van der Waals surface area contributed by atoms with Gasteiger partial charge in [-0.1, -0.05) is 30.3 Å². The van der Waals surface area contributed by atoms with Crippen molar-refractivity contribution in [1.29, 1.82) is 0 Å². The number of nitrogens with one attached hydrogen (secondary N) is 1. The van der Waals surface area contributed by atoms with Gasteiger partial charge in [-0.3, -0.25) is 4.57 Å². The quantitative estimate of drug-likeness (QED) is 0.739. The Morgan fingerprint density at radius 3 is 2.17 bits per heavy atom. The molecule has 0 bridgehead atoms. The Balaban J connectivity index is 3.31. The zero-order valence-electron chi connectivity index (χ0n) is 15.3. The number of rotatable bonds is 7. The maximum Gasteiger partial charge on any atom is 0.408 e. The molecule has 1 rings (SSSR count). The molecule has 23 heavy (non-hydrogen) atoms. The van der Waals surface area contributed by atoms with Crippen LogP contribution in [-0.2, 0) is 18.3 Å². The molecule has 1 aromatic carbocycles. The molecule has 0 aliphatic carbocycles. The van der Waals surface area contributed by atoms with Crippen LogP contribution < -0.4 is 5.32 Å². The van der Waals surface area contributed by atoms with E-state index in [-0.39, 0.29) is 18.8 Å². The molecule has 0 radical (unpaired) electrons. The third-order valence-electron chi connectivity index (χ3n) is 2.54. The standard InChI is InChI=1S/C16H26NO5P/c1-6-20-23(19,21-7-2)14(13-11-9-8-10-12-13)17-15(18)22-16(3,4)5/h8-12,14H,6-7H2,1-5H3,(H,17,18)/i14D. The number of carbonyl (C=O) groups excluding carboxylic acids is 1. The molecule has 6 nitrogen and oxygen atoms in total. The fraction of sp³-hybridized carbons (Fsp3) is 0.562. The fourth-order valence-corrected chi connectivity index (χ4v) is 3.51. The number of benzene rings is 1. The molecule has 1 aromatic rings. The van der Waals surface area contributed by atoms with Crippen molar-refractivity contribution in [2.24, 2.45) is 0 Å². The largest absolute Gasteiger partial charge is 0.444 e. The highest BCUT2D eigenvalue weighted by Gasteiger charge is 2.39. The molecule has 0 fully saturated rings. The zero-order chi connectivity index (χ0) is 18.4. The Hall–Kier alpha value is -1.36. The van der Waals surface area contributed by atoms with Gasteiger partial charge in [0.2, 0.25) is 0 Å². The topological polar surface area (TPSA) is 73.9 Å². The first kappa shape index (κ1) is 18.0. The predicted molar refractivity (Wildman–Crippen MR) is 89.4 cm³/mol. The minimum absolute atomic E-state index is 0.0702. The van der Waals surface area contributed by atoms with Gasteiger partial charge in [0.15, 0.2) is 5.76 Å². The highest BCUT2D eigenvalue weighted by molar-refractivity contribution is 7.54. The second kappa shape index (κ2) is 8.48. The summed E-state index contributed by atoms with van der Waals surface area (Å²) in [7, 11) is -4.03. The van der Waals surface area contributed by atoms with Crippen molar-refractivity contribution in [2.75, 3.05) is 13.2 Å². The number of amides is 1. The molecular weight excluding hydrogens is 317 g/mol. The van der Waals surface area contributed by atoms with Crippen LogP contribution in [0.5, 0.6) is 0 Å². The van der Waals surface area contributed by atoms with Crippen molar-refractivity contribution in [3.63, 3.8) is 0 Å². The molecular formula is C16H26NO5P. The number of carbonyl (C=O) groups is 1. The highest BCUT2D eigenvalue weighted by atomic mass is 31.2. The van der Waals surface area contributed by atoms with E-state index in [1.807, 2.05) is 0 Å². The maximum atomic E-state index is 13.2. The molecule has 0 heterocycles. The van der Waals surface area contributed by atoms with Crippen molar-refractivity contribution in [2.45, 2.75) is 46.0 Å². The SMILES string of the molecule is [2H]C(NC(=O)OC(C)(C)C)(c1ccccc1)P(=O)(OCC)OCC. The zero-order valence-corrected chi connectivity index (χ0v) is 15.2. The smallest absolute Gasteiger partial charge is 0.408 e. The van der Waals surface area contributed by atoms with Crippen molar-refractivity contribution >= 4 is 13.7 Å². The van der Waals surface area contributed by atoms with E-state index in [4.69, 9.17) is 15.2 Å². The Morgan fingerprint density at radius 1 is 1.22 bits per heavy atom. The number of hydrogen-bond acceptors (Lipinski definition) is 5. The second-order valence-corrected chi connectivity index (χ2v) is 7.63. The van der Waals surface area contributed by atoms with Crippen LogP contribution in [0.15, 0.2) is 30.3 Å². The summed E-state index contributed by atoms with van der Waals surface area (Å²) in [6.45, 7) is 8.53. The van der Waals surface area contributed by atoms with Gasteiger partial charge in [-0.25, -0.2) is 4.79 Å². The van der Waals surface area contributed by atoms with Gasteiger partial charge in [-0.2, -0.15) is 0 Å². The first-order valence-electron chi connectivity index (χ1n) is 8.04. The summed E-state index contributed by atoms with van der Waals surface area (Å²) in [5.74, 6) is -2.12. The van der Waals surface area contributed by atoms with Gasteiger partial charge in [0, 0.05) is 0 Å². The van der Waals surface area contributed by atoms with E-state index in [0.29, 0.717) is 0 Å². The first-order chi connectivity index (χ1) is 11.1. The van der Waals surface area contributed by atoms with Crippen LogP contribution in [0.3, 0.4) is 0 Å². The van der Waals surface area contributed by atoms with E-state index in [2.05, 4.69) is 5.32 Å². The molecule has 1 amide bonds. The molecule has 1 atom stereocenters. The summed E-state index contributed by atoms with van der Waals surface area (Å²) in [5, 5.41) is 2.37. The highest BCUT2D eigenvalue weighted by Crippen LogP contribution is 2.59. The summed E-state index contributed by atoms with van der Waals surface area (Å²) in [6.07, 6.45) is -0.874. The Morgan fingerprint density at radius 2 is 1.74 bits per heavy atom. The fourth-order valence-electron chi connectivity index (χ4n) is 1.80. The molecule has 0 spiro atoms. The summed E-state index contributed by atoms with van der Waals surface area (Å²) < 4.78 is 37.8. The van der Waals surface area contributed by atoms with Gasteiger partial charge in [0.1, 0.15) is 5.60 Å². The summed E-state index contributed by atoms with van der Waals surface area (Å²) in [6, 6.07) is 8.27. The van der Waals surface area contributed by atoms with Crippen LogP contribution in [0.1, 0.15) is 47.3 Å². The van der Waals surface area contributed by atoms with E-state index in [9.17, 15) is 9.36 Å². The Bertz CT molecular complexity index is 580. The van der Waals surface area contributed by atoms with Gasteiger partial charge in [-0.15, -0.1) is 0 Å². The minimum Gasteiger partial charge on any atom is -0.444 e. The number of hydrogen-bond donors (Lipinski definition) is 1. The van der Waals surface area contributed by atoms with E-state index in [1.54, 1.807) is 65.0 Å². The van der Waals surface area contributed by atoms with Crippen LogP contribution in [-0.4, -0.2) is 24.9 Å². The molecule has 0 saturated heterocycles. The lowest BCUT2D eigenvalue weighted by Gasteiger charge is -2.28. The average Bonchev–Trinajstić information content (AvgIpc) is 2.46. The third-order valence-corrected chi connectivity index (χ3v) is 4.65. The van der Waals surface area contributed by atoms with Crippen molar-refractivity contribution in [3.8, 4) is 0 Å². The molecule has 0 aliphatic rings. The van der Waals surface area contributed by atoms with Gasteiger partial charge in [0.25, 0.3) is 0 Å². The van der Waals surface area contributed by atoms with E-state index >= 15 is 0 Å². The lowest BCUT2D eigenvalue weighted by atomic mass is 10.2. The van der Waals surface area contributed by atoms with E-state index in [0.717, 1.165) is 0 Å². The van der Waals surface area contributed by atoms with Crippen LogP contribution in [0.25, 0.3) is 0 Å². The van der Waals surface area contributed by atoms with Crippen LogP contribution >= 0.6 is 7.60 Å². The third kappa shape index (κ3) is 6.34. The minimum atomic E-state index is -4.03. The summed E-state index contributed by atoms with van der Waals surface area (Å²) in [4.78, 5) is 12.2. The van der Waals surface area contributed by atoms with Crippen LogP contribution in [0.2, 0.25) is 0 Å². The average molecular weight is 344 g/mol. The van der Waals surface area contributed by atoms with E-state index in [1.165, 1.54) is 0 Å². The monoisotopic (exact) mass is 344 g/mol. The van der Waals surface area contributed by atoms with Crippen molar-refractivity contribution in [1.82, 2.24) is 5.32 Å². The van der Waals surface area contributed by atoms with E-state index < -0.39 is 25.0 Å². The van der Waals surface area contributed by atoms with Crippen LogP contribution in [0, 0.1) is 0 Å². The molecule has 1 N–H and O–H groups in total. The van der Waals surface area contributed by atoms with Crippen molar-refractivity contribution in [3.05, 3.63) is 35.9 Å². The summed E-state index contributed by atoms with van der Waals surface area (Å²) >= 11 is 0. The van der Waals surface area contributed by atoms with Gasteiger partial charge in [0.05, 0.1) is 14.6 Å². The van der Waals surface area contributed by atoms with Crippen LogP contribution in [0.4, 0.5) is 4.79 Å². The lowest BCUT2D eigenvalue weighted by Crippen LogP contribution is -2.35. The van der Waals surface area contributed by atoms with Gasteiger partial charge < -0.3 is 19.1 Å².